The number of carbonyl (C=O) groups excluding carboxylic acids is 2. The zero-order valence-electron chi connectivity index (χ0n) is 26.3. The fraction of sp³-hybridized carbons (Fsp3) is 0.167. The van der Waals surface area contributed by atoms with Crippen LogP contribution in [0.25, 0.3) is 34.2 Å². The highest BCUT2D eigenvalue weighted by atomic mass is 16.2. The average molecular weight is 643 g/mol. The van der Waals surface area contributed by atoms with E-state index in [9.17, 15) is 9.59 Å². The SMILES string of the molecule is NCC[C@H](Cc1ccccc1)NC(=O)C=Cc1[nH]nc2ncccc12.NC[C@@H](NC(=O)C=Cc1[nH]nc2ncccc12)c1ccccc1. The van der Waals surface area contributed by atoms with Gasteiger partial charge >= 0.3 is 0 Å². The van der Waals surface area contributed by atoms with Gasteiger partial charge in [0.15, 0.2) is 11.3 Å². The Morgan fingerprint density at radius 1 is 0.708 bits per heavy atom. The summed E-state index contributed by atoms with van der Waals surface area (Å²) in [7, 11) is 0. The molecule has 12 nitrogen and oxygen atoms in total. The largest absolute Gasteiger partial charge is 0.349 e. The van der Waals surface area contributed by atoms with E-state index in [1.807, 2.05) is 72.8 Å². The topological polar surface area (TPSA) is 193 Å². The van der Waals surface area contributed by atoms with Crippen molar-refractivity contribution in [2.75, 3.05) is 13.1 Å². The summed E-state index contributed by atoms with van der Waals surface area (Å²) >= 11 is 0. The Morgan fingerprint density at radius 3 is 1.79 bits per heavy atom. The van der Waals surface area contributed by atoms with Gasteiger partial charge in [-0.1, -0.05) is 60.7 Å². The van der Waals surface area contributed by atoms with Crippen molar-refractivity contribution in [1.82, 2.24) is 41.0 Å². The number of nitrogens with one attached hydrogen (secondary N) is 4. The van der Waals surface area contributed by atoms with E-state index in [1.165, 1.54) is 17.7 Å². The molecule has 12 heteroatoms. The molecule has 0 saturated carbocycles. The second-order valence-electron chi connectivity index (χ2n) is 10.9. The highest BCUT2D eigenvalue weighted by Gasteiger charge is 2.12. The summed E-state index contributed by atoms with van der Waals surface area (Å²) in [6, 6.07) is 27.0. The number of aromatic amines is 2. The molecule has 0 saturated heterocycles. The summed E-state index contributed by atoms with van der Waals surface area (Å²) in [4.78, 5) is 32.7. The highest BCUT2D eigenvalue weighted by molar-refractivity contribution is 5.95. The Labute approximate surface area is 277 Å². The molecular weight excluding hydrogens is 604 g/mol. The number of pyridine rings is 2. The fourth-order valence-electron chi connectivity index (χ4n) is 5.07. The number of benzene rings is 2. The van der Waals surface area contributed by atoms with Gasteiger partial charge in [0, 0.05) is 47.9 Å². The van der Waals surface area contributed by atoms with Gasteiger partial charge in [0.2, 0.25) is 11.8 Å². The lowest BCUT2D eigenvalue weighted by atomic mass is 10.0. The Hall–Kier alpha value is -5.98. The highest BCUT2D eigenvalue weighted by Crippen LogP contribution is 2.16. The molecule has 2 atom stereocenters. The van der Waals surface area contributed by atoms with Crippen molar-refractivity contribution in [2.24, 2.45) is 11.5 Å². The molecule has 6 aromatic rings. The molecule has 4 heterocycles. The summed E-state index contributed by atoms with van der Waals surface area (Å²) in [6.45, 7) is 0.860. The van der Waals surface area contributed by atoms with E-state index >= 15 is 0 Å². The number of nitrogens with two attached hydrogens (primary N) is 2. The summed E-state index contributed by atoms with van der Waals surface area (Å²) in [6.07, 6.45) is 11.2. The molecule has 0 radical (unpaired) electrons. The summed E-state index contributed by atoms with van der Waals surface area (Å²) in [5, 5.41) is 21.6. The van der Waals surface area contributed by atoms with Crippen LogP contribution in [0.2, 0.25) is 0 Å². The van der Waals surface area contributed by atoms with Crippen LogP contribution in [0.3, 0.4) is 0 Å². The van der Waals surface area contributed by atoms with Crippen LogP contribution >= 0.6 is 0 Å². The number of hydrogen-bond donors (Lipinski definition) is 6. The number of nitrogens with zero attached hydrogens (tertiary/aromatic N) is 4. The van der Waals surface area contributed by atoms with Gasteiger partial charge in [-0.25, -0.2) is 9.97 Å². The Balaban J connectivity index is 0.000000188. The van der Waals surface area contributed by atoms with Crippen LogP contribution < -0.4 is 22.1 Å². The van der Waals surface area contributed by atoms with Gasteiger partial charge in [0.25, 0.3) is 0 Å². The first kappa shape index (κ1) is 33.4. The predicted octanol–water partition coefficient (Wildman–Crippen LogP) is 3.83. The Kier molecular flexibility index (Phi) is 11.9. The van der Waals surface area contributed by atoms with E-state index in [2.05, 4.69) is 53.1 Å². The molecule has 0 aliphatic carbocycles. The smallest absolute Gasteiger partial charge is 0.244 e. The Morgan fingerprint density at radius 2 is 1.25 bits per heavy atom. The first-order chi connectivity index (χ1) is 23.5. The van der Waals surface area contributed by atoms with Gasteiger partial charge in [-0.15, -0.1) is 0 Å². The summed E-state index contributed by atoms with van der Waals surface area (Å²) < 4.78 is 0. The molecule has 0 unspecified atom stereocenters. The van der Waals surface area contributed by atoms with Crippen LogP contribution in [0.4, 0.5) is 0 Å². The minimum atomic E-state index is -0.214. The molecule has 6 rings (SSSR count). The van der Waals surface area contributed by atoms with E-state index in [4.69, 9.17) is 11.5 Å². The second kappa shape index (κ2) is 17.1. The maximum Gasteiger partial charge on any atom is 0.244 e. The molecule has 0 bridgehead atoms. The normalized spacial score (nSPS) is 12.5. The summed E-state index contributed by atoms with van der Waals surface area (Å²) in [5.41, 5.74) is 16.4. The molecule has 0 aliphatic heterocycles. The van der Waals surface area contributed by atoms with Gasteiger partial charge < -0.3 is 22.1 Å². The number of H-pyrrole nitrogens is 2. The van der Waals surface area contributed by atoms with Crippen molar-refractivity contribution in [3.05, 3.63) is 132 Å². The van der Waals surface area contributed by atoms with Gasteiger partial charge in [-0.05, 0) is 66.9 Å². The van der Waals surface area contributed by atoms with Crippen molar-refractivity contribution >= 4 is 46.0 Å². The van der Waals surface area contributed by atoms with Gasteiger partial charge in [-0.2, -0.15) is 10.2 Å². The molecule has 244 valence electrons. The van der Waals surface area contributed by atoms with Crippen LogP contribution in [0.15, 0.2) is 109 Å². The van der Waals surface area contributed by atoms with Crippen molar-refractivity contribution < 1.29 is 9.59 Å². The minimum absolute atomic E-state index is 0.00438. The standard InChI is InChI=1S/C19H21N5O.C17H17N5O/c20-11-10-15(13-14-5-2-1-3-6-14)22-18(25)9-8-17-16-7-4-12-21-19(16)24-23-17;18-11-15(12-5-2-1-3-6-12)20-16(23)9-8-14-13-7-4-10-19-17(13)22-21-14/h1-9,12,15H,10-11,13,20H2,(H,22,25)(H,21,23,24);1-10,15H,11,18H2,(H,20,23)(H,19,21,22)/t2*15-/m11/s1. The first-order valence-corrected chi connectivity index (χ1v) is 15.6. The maximum absolute atomic E-state index is 12.3. The molecule has 0 aliphatic rings. The van der Waals surface area contributed by atoms with E-state index < -0.39 is 0 Å². The van der Waals surface area contributed by atoms with Crippen molar-refractivity contribution in [1.29, 1.82) is 0 Å². The molecule has 48 heavy (non-hydrogen) atoms. The van der Waals surface area contributed by atoms with Crippen LogP contribution in [0.5, 0.6) is 0 Å². The van der Waals surface area contributed by atoms with E-state index in [-0.39, 0.29) is 23.9 Å². The van der Waals surface area contributed by atoms with Gasteiger partial charge in [0.05, 0.1) is 17.4 Å². The van der Waals surface area contributed by atoms with Gasteiger partial charge in [0.1, 0.15) is 0 Å². The van der Waals surface area contributed by atoms with Crippen LogP contribution in [-0.2, 0) is 16.0 Å². The lowest BCUT2D eigenvalue weighted by molar-refractivity contribution is -0.118. The zero-order chi connectivity index (χ0) is 33.6. The molecule has 2 amide bonds. The van der Waals surface area contributed by atoms with Crippen molar-refractivity contribution in [3.8, 4) is 0 Å². The fourth-order valence-corrected chi connectivity index (χ4v) is 5.07. The molecule has 0 fully saturated rings. The monoisotopic (exact) mass is 642 g/mol. The quantitative estimate of drug-likeness (QED) is 0.108. The third kappa shape index (κ3) is 9.28. The van der Waals surface area contributed by atoms with E-state index in [0.29, 0.717) is 24.4 Å². The van der Waals surface area contributed by atoms with E-state index in [0.717, 1.165) is 40.6 Å². The Bertz CT molecular complexity index is 1970. The molecule has 2 aromatic carbocycles. The lowest BCUT2D eigenvalue weighted by Gasteiger charge is -2.17. The van der Waals surface area contributed by atoms with Crippen LogP contribution in [0.1, 0.15) is 35.0 Å². The van der Waals surface area contributed by atoms with E-state index in [1.54, 1.807) is 24.5 Å². The lowest BCUT2D eigenvalue weighted by Crippen LogP contribution is -2.37. The predicted molar refractivity (Wildman–Crippen MR) is 188 cm³/mol. The van der Waals surface area contributed by atoms with Crippen molar-refractivity contribution in [3.63, 3.8) is 0 Å². The number of rotatable bonds is 12. The third-order valence-electron chi connectivity index (χ3n) is 7.46. The molecular formula is C36H38N10O2. The van der Waals surface area contributed by atoms with Gasteiger partial charge in [-0.3, -0.25) is 19.8 Å². The van der Waals surface area contributed by atoms with Crippen molar-refractivity contribution in [2.45, 2.75) is 24.9 Å². The number of hydrogen-bond acceptors (Lipinski definition) is 8. The average Bonchev–Trinajstić information content (AvgIpc) is 3.74. The zero-order valence-corrected chi connectivity index (χ0v) is 26.3. The molecule has 8 N–H and O–H groups in total. The number of aromatic nitrogens is 6. The maximum atomic E-state index is 12.3. The third-order valence-corrected chi connectivity index (χ3v) is 7.46. The van der Waals surface area contributed by atoms with Crippen LogP contribution in [-0.4, -0.2) is 61.3 Å². The molecule has 4 aromatic heterocycles. The first-order valence-electron chi connectivity index (χ1n) is 15.6. The summed E-state index contributed by atoms with van der Waals surface area (Å²) in [5.74, 6) is -0.364. The number of fused-ring (bicyclic) bond motifs is 2. The van der Waals surface area contributed by atoms with Crippen LogP contribution in [0, 0.1) is 0 Å². The number of amides is 2. The minimum Gasteiger partial charge on any atom is -0.349 e. The molecule has 0 spiro atoms. The second-order valence-corrected chi connectivity index (χ2v) is 10.9. The number of carbonyl (C=O) groups is 2.